The Bertz CT molecular complexity index is 818. The molecule has 0 aliphatic heterocycles. The summed E-state index contributed by atoms with van der Waals surface area (Å²) < 4.78 is 2.84. The summed E-state index contributed by atoms with van der Waals surface area (Å²) in [4.78, 5) is 29.0. The lowest BCUT2D eigenvalue weighted by atomic mass is 10.3. The minimum Gasteiger partial charge on any atom is -0.291 e. The highest BCUT2D eigenvalue weighted by molar-refractivity contribution is 9.11. The number of halogens is 1. The topological polar surface area (TPSA) is 52.0 Å². The van der Waals surface area contributed by atoms with Crippen LogP contribution in [-0.4, -0.2) is 15.3 Å². The molecule has 7 heteroatoms. The first kappa shape index (κ1) is 12.7. The summed E-state index contributed by atoms with van der Waals surface area (Å²) in [5, 5.41) is 1.82. The average molecular weight is 355 g/mol. The van der Waals surface area contributed by atoms with Crippen molar-refractivity contribution in [1.29, 1.82) is 0 Å². The molecule has 0 amide bonds. The van der Waals surface area contributed by atoms with E-state index in [0.29, 0.717) is 15.1 Å². The van der Waals surface area contributed by atoms with Gasteiger partial charge in [-0.3, -0.25) is 14.2 Å². The summed E-state index contributed by atoms with van der Waals surface area (Å²) in [5.74, 6) is -0.0875. The van der Waals surface area contributed by atoms with Crippen molar-refractivity contribution >= 4 is 54.6 Å². The monoisotopic (exact) mass is 354 g/mol. The molecule has 0 aliphatic rings. The van der Waals surface area contributed by atoms with E-state index in [2.05, 4.69) is 20.9 Å². The Morgan fingerprint density at radius 3 is 2.95 bits per heavy atom. The molecule has 0 radical (unpaired) electrons. The van der Waals surface area contributed by atoms with E-state index in [1.165, 1.54) is 33.6 Å². The second-order valence-electron chi connectivity index (χ2n) is 3.84. The lowest BCUT2D eigenvalue weighted by Crippen LogP contribution is -2.23. The third-order valence-corrected chi connectivity index (χ3v) is 5.15. The molecule has 0 bridgehead atoms. The van der Waals surface area contributed by atoms with Crippen molar-refractivity contribution in [3.8, 4) is 0 Å². The van der Waals surface area contributed by atoms with Crippen molar-refractivity contribution in [3.63, 3.8) is 0 Å². The second-order valence-corrected chi connectivity index (χ2v) is 7.22. The van der Waals surface area contributed by atoms with Crippen molar-refractivity contribution < 1.29 is 4.79 Å². The molecule has 4 nitrogen and oxygen atoms in total. The van der Waals surface area contributed by atoms with Gasteiger partial charge in [0.25, 0.3) is 5.56 Å². The zero-order valence-corrected chi connectivity index (χ0v) is 12.7. The van der Waals surface area contributed by atoms with Gasteiger partial charge < -0.3 is 0 Å². The Labute approximate surface area is 124 Å². The predicted octanol–water partition coefficient (Wildman–Crippen LogP) is 3.16. The van der Waals surface area contributed by atoms with Gasteiger partial charge in [-0.1, -0.05) is 0 Å². The number of aromatic nitrogens is 2. The lowest BCUT2D eigenvalue weighted by molar-refractivity contribution is 0.0974. The average Bonchev–Trinajstić information content (AvgIpc) is 3.01. The number of carbonyl (C=O) groups excluding carboxylic acids is 1. The molecule has 19 heavy (non-hydrogen) atoms. The molecule has 3 aromatic heterocycles. The van der Waals surface area contributed by atoms with Gasteiger partial charge in [0.05, 0.1) is 27.1 Å². The number of hydrogen-bond acceptors (Lipinski definition) is 5. The van der Waals surface area contributed by atoms with E-state index < -0.39 is 0 Å². The number of fused-ring (bicyclic) bond motifs is 1. The fourth-order valence-electron chi connectivity index (χ4n) is 1.69. The molecule has 0 unspecified atom stereocenters. The van der Waals surface area contributed by atoms with E-state index in [9.17, 15) is 9.59 Å². The van der Waals surface area contributed by atoms with Crippen LogP contribution < -0.4 is 5.56 Å². The molecule has 96 valence electrons. The predicted molar refractivity (Wildman–Crippen MR) is 80.2 cm³/mol. The largest absolute Gasteiger partial charge is 0.291 e. The first-order valence-corrected chi connectivity index (χ1v) is 7.85. The van der Waals surface area contributed by atoms with Crippen LogP contribution >= 0.6 is 38.6 Å². The number of hydrogen-bond donors (Lipinski definition) is 0. The summed E-state index contributed by atoms with van der Waals surface area (Å²) in [7, 11) is 0. The highest BCUT2D eigenvalue weighted by Crippen LogP contribution is 2.22. The Hall–Kier alpha value is -1.31. The summed E-state index contributed by atoms with van der Waals surface area (Å²) in [6.45, 7) is 0.0205. The molecule has 3 heterocycles. The van der Waals surface area contributed by atoms with Crippen molar-refractivity contribution in [2.45, 2.75) is 6.54 Å². The Morgan fingerprint density at radius 2 is 2.21 bits per heavy atom. The molecule has 0 spiro atoms. The molecule has 0 aromatic carbocycles. The number of rotatable bonds is 3. The Morgan fingerprint density at radius 1 is 1.37 bits per heavy atom. The van der Waals surface area contributed by atoms with Crippen LogP contribution in [0.2, 0.25) is 0 Å². The van der Waals surface area contributed by atoms with Crippen molar-refractivity contribution in [2.24, 2.45) is 0 Å². The minimum absolute atomic E-state index is 0.0205. The summed E-state index contributed by atoms with van der Waals surface area (Å²) in [6, 6.07) is 5.37. The molecule has 0 saturated heterocycles. The maximum absolute atomic E-state index is 12.1. The fraction of sp³-hybridized carbons (Fsp3) is 0.0833. The van der Waals surface area contributed by atoms with Crippen LogP contribution in [0.15, 0.2) is 38.5 Å². The quantitative estimate of drug-likeness (QED) is 0.678. The number of ketones is 1. The first-order valence-electron chi connectivity index (χ1n) is 5.36. The Balaban J connectivity index is 1.95. The van der Waals surface area contributed by atoms with Crippen LogP contribution in [0.1, 0.15) is 9.67 Å². The van der Waals surface area contributed by atoms with Gasteiger partial charge in [-0.05, 0) is 39.5 Å². The highest BCUT2D eigenvalue weighted by Gasteiger charge is 2.12. The second kappa shape index (κ2) is 4.99. The van der Waals surface area contributed by atoms with Crippen molar-refractivity contribution in [1.82, 2.24) is 9.55 Å². The van der Waals surface area contributed by atoms with Crippen molar-refractivity contribution in [2.75, 3.05) is 0 Å². The summed E-state index contributed by atoms with van der Waals surface area (Å²) >= 11 is 6.02. The number of nitrogens with zero attached hydrogens (tertiary/aromatic N) is 2. The normalized spacial score (nSPS) is 11.0. The molecule has 3 aromatic rings. The third-order valence-electron chi connectivity index (χ3n) is 2.60. The van der Waals surface area contributed by atoms with Gasteiger partial charge in [0, 0.05) is 0 Å². The van der Waals surface area contributed by atoms with Crippen LogP contribution in [0, 0.1) is 0 Å². The zero-order valence-electron chi connectivity index (χ0n) is 9.50. The van der Waals surface area contributed by atoms with Crippen molar-refractivity contribution in [3.05, 3.63) is 48.9 Å². The molecular formula is C12H7BrN2O2S2. The SMILES string of the molecule is O=C(Cn1cnc2ccsc2c1=O)c1ccc(Br)s1. The van der Waals surface area contributed by atoms with E-state index in [-0.39, 0.29) is 17.9 Å². The number of Topliss-reactive ketones (excluding diaryl/α,β-unsaturated/α-hetero) is 1. The lowest BCUT2D eigenvalue weighted by Gasteiger charge is -2.02. The van der Waals surface area contributed by atoms with Gasteiger partial charge in [0.15, 0.2) is 5.78 Å². The van der Waals surface area contributed by atoms with Crippen LogP contribution in [-0.2, 0) is 6.54 Å². The molecule has 0 aliphatic carbocycles. The van der Waals surface area contributed by atoms with Crippen LogP contribution in [0.4, 0.5) is 0 Å². The zero-order chi connectivity index (χ0) is 13.4. The first-order chi connectivity index (χ1) is 9.15. The van der Waals surface area contributed by atoms with E-state index >= 15 is 0 Å². The Kier molecular flexibility index (Phi) is 3.34. The van der Waals surface area contributed by atoms with E-state index in [1.807, 2.05) is 11.4 Å². The van der Waals surface area contributed by atoms with Gasteiger partial charge in [-0.2, -0.15) is 0 Å². The van der Waals surface area contributed by atoms with Gasteiger partial charge in [-0.25, -0.2) is 4.98 Å². The van der Waals surface area contributed by atoms with Gasteiger partial charge in [0.2, 0.25) is 0 Å². The van der Waals surface area contributed by atoms with Crippen LogP contribution in [0.3, 0.4) is 0 Å². The smallest absolute Gasteiger partial charge is 0.271 e. The van der Waals surface area contributed by atoms with Gasteiger partial charge in [-0.15, -0.1) is 22.7 Å². The maximum atomic E-state index is 12.1. The van der Waals surface area contributed by atoms with Gasteiger partial charge in [0.1, 0.15) is 4.70 Å². The van der Waals surface area contributed by atoms with E-state index in [4.69, 9.17) is 0 Å². The van der Waals surface area contributed by atoms with Gasteiger partial charge >= 0.3 is 0 Å². The van der Waals surface area contributed by atoms with E-state index in [1.54, 1.807) is 12.1 Å². The number of carbonyl (C=O) groups is 1. The standard InChI is InChI=1S/C12H7BrN2O2S2/c13-10-2-1-9(19-10)8(16)5-15-6-14-7-3-4-18-11(7)12(15)17/h1-4,6H,5H2. The van der Waals surface area contributed by atoms with Crippen LogP contribution in [0.25, 0.3) is 10.2 Å². The highest BCUT2D eigenvalue weighted by atomic mass is 79.9. The minimum atomic E-state index is -0.163. The third kappa shape index (κ3) is 2.41. The summed E-state index contributed by atoms with van der Waals surface area (Å²) in [6.07, 6.45) is 1.43. The molecular weight excluding hydrogens is 348 g/mol. The molecule has 3 rings (SSSR count). The molecule has 0 saturated carbocycles. The maximum Gasteiger partial charge on any atom is 0.271 e. The molecule has 0 fully saturated rings. The van der Waals surface area contributed by atoms with Crippen LogP contribution in [0.5, 0.6) is 0 Å². The fourth-order valence-corrected chi connectivity index (χ4v) is 3.80. The molecule has 0 N–H and O–H groups in total. The summed E-state index contributed by atoms with van der Waals surface area (Å²) in [5.41, 5.74) is 0.515. The van der Waals surface area contributed by atoms with E-state index in [0.717, 1.165) is 3.79 Å². The number of thiophene rings is 2. The molecule has 0 atom stereocenters.